The van der Waals surface area contributed by atoms with Crippen LogP contribution in [0, 0.1) is 16.7 Å². The largest absolute Gasteiger partial charge is 0.373 e. The minimum atomic E-state index is -0.346. The molecule has 11 heteroatoms. The van der Waals surface area contributed by atoms with Crippen LogP contribution in [0.1, 0.15) is 60.1 Å². The second-order valence-electron chi connectivity index (χ2n) is 11.0. The Morgan fingerprint density at radius 1 is 1.21 bits per heavy atom. The van der Waals surface area contributed by atoms with E-state index in [-0.39, 0.29) is 17.9 Å². The third kappa shape index (κ3) is 6.65. The van der Waals surface area contributed by atoms with Crippen LogP contribution in [-0.4, -0.2) is 81.9 Å². The first-order valence-electron chi connectivity index (χ1n) is 14.6. The molecule has 222 valence electrons. The van der Waals surface area contributed by atoms with Gasteiger partial charge in [-0.3, -0.25) is 14.5 Å². The molecule has 1 atom stereocenters. The van der Waals surface area contributed by atoms with Gasteiger partial charge in [0.25, 0.3) is 5.91 Å². The highest BCUT2D eigenvalue weighted by atomic mass is 16.2. The van der Waals surface area contributed by atoms with Gasteiger partial charge >= 0.3 is 0 Å². The molecule has 0 bridgehead atoms. The molecule has 2 fully saturated rings. The van der Waals surface area contributed by atoms with Gasteiger partial charge in [-0.2, -0.15) is 10.4 Å². The van der Waals surface area contributed by atoms with Gasteiger partial charge in [-0.25, -0.2) is 9.67 Å². The van der Waals surface area contributed by atoms with E-state index < -0.39 is 0 Å². The Kier molecular flexibility index (Phi) is 8.97. The Morgan fingerprint density at radius 2 is 1.98 bits per heavy atom. The standard InChI is InChI=1S/C32H37N9O2/c1-4-26(34)29-30(22-7-9-23(10-8-22)32(43)37-27-18-21(19-33)13-15-36-27)38-41(31(29)35-2)25-14-17-40(20-25)28(42)6-5-16-39(3)24-11-12-24/h5-10,13,15,18,24-25,34-35H,4,11-12,14,16-17,20H2,1-3H3,(H,36,37,43). The maximum atomic E-state index is 12.9. The molecule has 2 aliphatic rings. The molecular weight excluding hydrogens is 542 g/mol. The number of nitrogens with zero attached hydrogens (tertiary/aromatic N) is 6. The van der Waals surface area contributed by atoms with Crippen LogP contribution in [0.2, 0.25) is 0 Å². The number of likely N-dealkylation sites (tertiary alicyclic amines) is 1. The van der Waals surface area contributed by atoms with Crippen LogP contribution >= 0.6 is 0 Å². The molecule has 1 saturated carbocycles. The molecule has 3 N–H and O–H groups in total. The monoisotopic (exact) mass is 579 g/mol. The number of hydrogen-bond acceptors (Lipinski definition) is 8. The number of carbonyl (C=O) groups is 2. The number of pyridine rings is 1. The van der Waals surface area contributed by atoms with Gasteiger partial charge in [-0.1, -0.05) is 25.1 Å². The molecule has 1 unspecified atom stereocenters. The van der Waals surface area contributed by atoms with Gasteiger partial charge in [0.2, 0.25) is 5.91 Å². The molecule has 1 aliphatic carbocycles. The molecule has 2 aromatic heterocycles. The molecule has 43 heavy (non-hydrogen) atoms. The smallest absolute Gasteiger partial charge is 0.256 e. The van der Waals surface area contributed by atoms with E-state index in [0.717, 1.165) is 24.3 Å². The van der Waals surface area contributed by atoms with Gasteiger partial charge in [0, 0.05) is 61.8 Å². The molecule has 1 saturated heterocycles. The lowest BCUT2D eigenvalue weighted by Crippen LogP contribution is -2.28. The molecule has 11 nitrogen and oxygen atoms in total. The van der Waals surface area contributed by atoms with E-state index in [2.05, 4.69) is 27.6 Å². The zero-order valence-corrected chi connectivity index (χ0v) is 24.8. The van der Waals surface area contributed by atoms with Crippen molar-refractivity contribution in [3.8, 4) is 17.3 Å². The predicted octanol–water partition coefficient (Wildman–Crippen LogP) is 4.31. The highest BCUT2D eigenvalue weighted by Crippen LogP contribution is 2.35. The second-order valence-corrected chi connectivity index (χ2v) is 11.0. The molecule has 3 aromatic rings. The topological polar surface area (TPSA) is 143 Å². The molecule has 3 heterocycles. The summed E-state index contributed by atoms with van der Waals surface area (Å²) >= 11 is 0. The highest BCUT2D eigenvalue weighted by molar-refractivity contribution is 6.08. The zero-order valence-electron chi connectivity index (χ0n) is 24.8. The normalized spacial score (nSPS) is 16.4. The van der Waals surface area contributed by atoms with E-state index >= 15 is 0 Å². The third-order valence-electron chi connectivity index (χ3n) is 8.00. The maximum Gasteiger partial charge on any atom is 0.256 e. The lowest BCUT2D eigenvalue weighted by molar-refractivity contribution is -0.125. The van der Waals surface area contributed by atoms with Gasteiger partial charge in [0.1, 0.15) is 17.3 Å². The van der Waals surface area contributed by atoms with E-state index in [1.807, 2.05) is 47.8 Å². The lowest BCUT2D eigenvalue weighted by Gasteiger charge is -2.17. The Hall–Kier alpha value is -4.82. The summed E-state index contributed by atoms with van der Waals surface area (Å²) in [7, 11) is 3.92. The maximum absolute atomic E-state index is 12.9. The summed E-state index contributed by atoms with van der Waals surface area (Å²) in [5.74, 6) is 0.707. The van der Waals surface area contributed by atoms with Crippen molar-refractivity contribution in [2.24, 2.45) is 0 Å². The Labute approximate surface area is 251 Å². The van der Waals surface area contributed by atoms with Crippen molar-refractivity contribution in [2.75, 3.05) is 44.4 Å². The molecular formula is C32H37N9O2. The number of aromatic nitrogens is 3. The second kappa shape index (κ2) is 13.0. The molecule has 0 radical (unpaired) electrons. The van der Waals surface area contributed by atoms with E-state index in [1.54, 1.807) is 24.3 Å². The van der Waals surface area contributed by atoms with Crippen molar-refractivity contribution < 1.29 is 9.59 Å². The summed E-state index contributed by atoms with van der Waals surface area (Å²) in [5, 5.41) is 28.8. The lowest BCUT2D eigenvalue weighted by atomic mass is 10.0. The molecule has 0 spiro atoms. The first kappa shape index (κ1) is 29.7. The first-order chi connectivity index (χ1) is 20.8. The first-order valence-corrected chi connectivity index (χ1v) is 14.6. The number of hydrogen-bond donors (Lipinski definition) is 3. The van der Waals surface area contributed by atoms with Gasteiger partial charge in [0.05, 0.1) is 23.2 Å². The molecule has 2 amide bonds. The van der Waals surface area contributed by atoms with E-state index in [0.29, 0.717) is 59.5 Å². The average molecular weight is 580 g/mol. The number of benzene rings is 1. The van der Waals surface area contributed by atoms with Gasteiger partial charge in [-0.15, -0.1) is 0 Å². The van der Waals surface area contributed by atoms with Crippen LogP contribution in [0.5, 0.6) is 0 Å². The number of amides is 2. The predicted molar refractivity (Wildman–Crippen MR) is 166 cm³/mol. The number of carbonyl (C=O) groups excluding carboxylic acids is 2. The number of likely N-dealkylation sites (N-methyl/N-ethyl adjacent to an activating group) is 1. The van der Waals surface area contributed by atoms with Crippen LogP contribution in [0.15, 0.2) is 54.7 Å². The van der Waals surface area contributed by atoms with Crippen LogP contribution in [0.4, 0.5) is 11.6 Å². The SMILES string of the molecule is CCC(=N)c1c(-c2ccc(C(=O)Nc3cc(C#N)ccn3)cc2)nn(C2CCN(C(=O)C=CCN(C)C3CC3)C2)c1NC. The molecule has 5 rings (SSSR count). The van der Waals surface area contributed by atoms with Crippen LogP contribution in [0.25, 0.3) is 11.3 Å². The minimum Gasteiger partial charge on any atom is -0.373 e. The highest BCUT2D eigenvalue weighted by Gasteiger charge is 2.32. The summed E-state index contributed by atoms with van der Waals surface area (Å²) in [6, 6.07) is 12.8. The summed E-state index contributed by atoms with van der Waals surface area (Å²) in [6.45, 7) is 3.89. The quantitative estimate of drug-likeness (QED) is 0.227. The van der Waals surface area contributed by atoms with Crippen molar-refractivity contribution >= 4 is 29.2 Å². The van der Waals surface area contributed by atoms with Gasteiger partial charge in [0.15, 0.2) is 0 Å². The average Bonchev–Trinajstić information content (AvgIpc) is 3.64. The van der Waals surface area contributed by atoms with Crippen molar-refractivity contribution in [1.29, 1.82) is 10.7 Å². The van der Waals surface area contributed by atoms with Crippen molar-refractivity contribution in [2.45, 2.75) is 44.7 Å². The zero-order chi connectivity index (χ0) is 30.5. The number of nitriles is 1. The van der Waals surface area contributed by atoms with Crippen LogP contribution in [-0.2, 0) is 4.79 Å². The fourth-order valence-electron chi connectivity index (χ4n) is 5.37. The van der Waals surface area contributed by atoms with Gasteiger partial charge in [-0.05, 0) is 57.0 Å². The van der Waals surface area contributed by atoms with E-state index in [1.165, 1.54) is 25.1 Å². The van der Waals surface area contributed by atoms with Crippen molar-refractivity contribution in [3.63, 3.8) is 0 Å². The van der Waals surface area contributed by atoms with Crippen LogP contribution < -0.4 is 10.6 Å². The number of anilines is 2. The summed E-state index contributed by atoms with van der Waals surface area (Å²) in [6.07, 6.45) is 8.86. The summed E-state index contributed by atoms with van der Waals surface area (Å²) in [5.41, 5.74) is 3.43. The number of rotatable bonds is 11. The van der Waals surface area contributed by atoms with Gasteiger partial charge < -0.3 is 20.9 Å². The Bertz CT molecular complexity index is 1580. The van der Waals surface area contributed by atoms with Crippen molar-refractivity contribution in [1.82, 2.24) is 24.6 Å². The fraction of sp³-hybridized carbons (Fsp3) is 0.375. The third-order valence-corrected chi connectivity index (χ3v) is 8.00. The van der Waals surface area contributed by atoms with Crippen LogP contribution in [0.3, 0.4) is 0 Å². The summed E-state index contributed by atoms with van der Waals surface area (Å²) in [4.78, 5) is 34.0. The Morgan fingerprint density at radius 3 is 2.65 bits per heavy atom. The molecule has 1 aromatic carbocycles. The Balaban J connectivity index is 1.34. The molecule has 1 aliphatic heterocycles. The summed E-state index contributed by atoms with van der Waals surface area (Å²) < 4.78 is 1.92. The number of nitrogens with one attached hydrogen (secondary N) is 3. The van der Waals surface area contributed by atoms with Crippen molar-refractivity contribution in [3.05, 3.63) is 71.4 Å². The van der Waals surface area contributed by atoms with E-state index in [9.17, 15) is 9.59 Å². The van der Waals surface area contributed by atoms with E-state index in [4.69, 9.17) is 15.8 Å². The fourth-order valence-corrected chi connectivity index (χ4v) is 5.37. The minimum absolute atomic E-state index is 0.00928.